The summed E-state index contributed by atoms with van der Waals surface area (Å²) in [5.74, 6) is 0.716. The van der Waals surface area contributed by atoms with E-state index < -0.39 is 11.7 Å². The molecule has 10 nitrogen and oxygen atoms in total. The highest BCUT2D eigenvalue weighted by molar-refractivity contribution is 5.92. The largest absolute Gasteiger partial charge is 0.383 e. The number of amides is 1. The number of anilines is 2. The highest BCUT2D eigenvalue weighted by atomic mass is 19.1. The number of benzene rings is 1. The Kier molecular flexibility index (Phi) is 6.72. The molecule has 0 spiro atoms. The first-order valence-corrected chi connectivity index (χ1v) is 11.7. The van der Waals surface area contributed by atoms with E-state index in [4.69, 9.17) is 10.5 Å². The minimum absolute atomic E-state index is 0.0154. The number of nitrogens with zero attached hydrogens (tertiary/aromatic N) is 6. The van der Waals surface area contributed by atoms with Gasteiger partial charge in [-0.3, -0.25) is 4.79 Å². The summed E-state index contributed by atoms with van der Waals surface area (Å²) < 4.78 is 21.5. The average Bonchev–Trinajstić information content (AvgIpc) is 3.55. The summed E-state index contributed by atoms with van der Waals surface area (Å²) in [7, 11) is 1.55. The van der Waals surface area contributed by atoms with Gasteiger partial charge in [-0.25, -0.2) is 24.0 Å². The first-order valence-electron chi connectivity index (χ1n) is 11.7. The molecule has 186 valence electrons. The third-order valence-electron chi connectivity index (χ3n) is 6.20. The van der Waals surface area contributed by atoms with Crippen molar-refractivity contribution in [3.63, 3.8) is 0 Å². The van der Waals surface area contributed by atoms with Crippen LogP contribution in [-0.4, -0.2) is 50.8 Å². The summed E-state index contributed by atoms with van der Waals surface area (Å²) in [6, 6.07) is 8.71. The van der Waals surface area contributed by atoms with Gasteiger partial charge in [0, 0.05) is 50.1 Å². The lowest BCUT2D eigenvalue weighted by Gasteiger charge is -2.16. The van der Waals surface area contributed by atoms with Crippen LogP contribution in [0.5, 0.6) is 0 Å². The second-order valence-corrected chi connectivity index (χ2v) is 8.70. The van der Waals surface area contributed by atoms with E-state index in [1.165, 1.54) is 18.9 Å². The predicted octanol–water partition coefficient (Wildman–Crippen LogP) is 2.67. The molecule has 0 aliphatic carbocycles. The number of nitrogens with two attached hydrogens (primary N) is 1. The van der Waals surface area contributed by atoms with Crippen LogP contribution in [0, 0.1) is 5.82 Å². The van der Waals surface area contributed by atoms with Gasteiger partial charge < -0.3 is 20.7 Å². The van der Waals surface area contributed by atoms with Crippen molar-refractivity contribution in [2.24, 2.45) is 0 Å². The van der Waals surface area contributed by atoms with Gasteiger partial charge >= 0.3 is 0 Å². The monoisotopic (exact) mass is 490 g/mol. The molecule has 1 aliphatic rings. The maximum absolute atomic E-state index is 14.6. The van der Waals surface area contributed by atoms with Crippen molar-refractivity contribution in [2.45, 2.75) is 32.5 Å². The van der Waals surface area contributed by atoms with Crippen LogP contribution in [0.2, 0.25) is 0 Å². The van der Waals surface area contributed by atoms with Crippen LogP contribution in [0.15, 0.2) is 42.7 Å². The first-order chi connectivity index (χ1) is 17.5. The molecular weight excluding hydrogens is 463 g/mol. The van der Waals surface area contributed by atoms with Crippen molar-refractivity contribution >= 4 is 28.3 Å². The van der Waals surface area contributed by atoms with Crippen molar-refractivity contribution < 1.29 is 13.9 Å². The molecular formula is C25H27FN8O2. The summed E-state index contributed by atoms with van der Waals surface area (Å²) in [4.78, 5) is 28.0. The van der Waals surface area contributed by atoms with Crippen molar-refractivity contribution in [3.05, 3.63) is 71.3 Å². The van der Waals surface area contributed by atoms with E-state index in [-0.39, 0.29) is 24.8 Å². The van der Waals surface area contributed by atoms with Gasteiger partial charge in [0.15, 0.2) is 5.82 Å². The normalized spacial score (nSPS) is 13.4. The number of hydrogen-bond donors (Lipinski definition) is 2. The van der Waals surface area contributed by atoms with Gasteiger partial charge in [-0.1, -0.05) is 6.07 Å². The lowest BCUT2D eigenvalue weighted by atomic mass is 10.1. The molecule has 4 heterocycles. The minimum atomic E-state index is -0.512. The number of pyridine rings is 2. The molecule has 3 N–H and O–H groups in total. The van der Waals surface area contributed by atoms with Crippen molar-refractivity contribution in [3.8, 4) is 0 Å². The van der Waals surface area contributed by atoms with Gasteiger partial charge in [0.05, 0.1) is 6.54 Å². The number of fused-ring (bicyclic) bond motifs is 1. The Hall–Kier alpha value is -4.12. The quantitative estimate of drug-likeness (QED) is 0.386. The standard InChI is InChI=1S/C25H27FN8O2/c1-36-15-22-31-24(32-34(22)14-16-4-5-21(29-12-16)33-8-2-3-9-33)25(35)30-13-18-10-17-6-7-28-23(27)19(17)11-20(18)26/h4-7,10-12H,2-3,8-9,13-15H2,1H3,(H2,27,28)(H,30,35). The van der Waals surface area contributed by atoms with Gasteiger partial charge in [0.1, 0.15) is 24.1 Å². The number of carbonyl (C=O) groups excluding carboxylic acids is 1. The number of carbonyl (C=O) groups is 1. The highest BCUT2D eigenvalue weighted by Crippen LogP contribution is 2.23. The Balaban J connectivity index is 1.29. The van der Waals surface area contributed by atoms with Crippen molar-refractivity contribution in [1.29, 1.82) is 0 Å². The van der Waals surface area contributed by atoms with Gasteiger partial charge in [-0.05, 0) is 48.1 Å². The van der Waals surface area contributed by atoms with E-state index in [1.54, 1.807) is 30.1 Å². The number of ether oxygens (including phenoxy) is 1. The Labute approximate surface area is 207 Å². The molecule has 1 amide bonds. The zero-order valence-electron chi connectivity index (χ0n) is 19.9. The van der Waals surface area contributed by atoms with E-state index in [2.05, 4.69) is 30.3 Å². The molecule has 0 saturated carbocycles. The summed E-state index contributed by atoms with van der Waals surface area (Å²) in [5.41, 5.74) is 7.07. The molecule has 1 aliphatic heterocycles. The zero-order valence-corrected chi connectivity index (χ0v) is 19.9. The number of nitrogens with one attached hydrogen (secondary N) is 1. The third kappa shape index (κ3) is 4.96. The molecule has 0 bridgehead atoms. The maximum atomic E-state index is 14.6. The van der Waals surface area contributed by atoms with Gasteiger partial charge in [0.2, 0.25) is 5.82 Å². The second-order valence-electron chi connectivity index (χ2n) is 8.70. The molecule has 36 heavy (non-hydrogen) atoms. The van der Waals surface area contributed by atoms with E-state index in [0.717, 1.165) is 29.9 Å². The topological polar surface area (TPSA) is 124 Å². The third-order valence-corrected chi connectivity index (χ3v) is 6.20. The fourth-order valence-electron chi connectivity index (χ4n) is 4.30. The maximum Gasteiger partial charge on any atom is 0.291 e. The highest BCUT2D eigenvalue weighted by Gasteiger charge is 2.18. The van der Waals surface area contributed by atoms with Crippen LogP contribution in [0.4, 0.5) is 16.0 Å². The van der Waals surface area contributed by atoms with Crippen LogP contribution < -0.4 is 16.0 Å². The SMILES string of the molecule is COCc1nc(C(=O)NCc2cc3ccnc(N)c3cc2F)nn1Cc1ccc(N2CCCC2)nc1. The second kappa shape index (κ2) is 10.2. The molecule has 0 atom stereocenters. The Bertz CT molecular complexity index is 1380. The summed E-state index contributed by atoms with van der Waals surface area (Å²) >= 11 is 0. The van der Waals surface area contributed by atoms with Crippen LogP contribution in [0.3, 0.4) is 0 Å². The Morgan fingerprint density at radius 3 is 2.78 bits per heavy atom. The van der Waals surface area contributed by atoms with Crippen LogP contribution >= 0.6 is 0 Å². The lowest BCUT2D eigenvalue weighted by Crippen LogP contribution is -2.24. The number of methoxy groups -OCH3 is 1. The zero-order chi connectivity index (χ0) is 25.1. The van der Waals surface area contributed by atoms with Crippen molar-refractivity contribution in [2.75, 3.05) is 30.8 Å². The number of hydrogen-bond acceptors (Lipinski definition) is 8. The smallest absolute Gasteiger partial charge is 0.291 e. The number of nitrogen functional groups attached to an aromatic ring is 1. The fourth-order valence-corrected chi connectivity index (χ4v) is 4.30. The summed E-state index contributed by atoms with van der Waals surface area (Å²) in [6.07, 6.45) is 5.75. The van der Waals surface area contributed by atoms with Gasteiger partial charge in [0.25, 0.3) is 5.91 Å². The van der Waals surface area contributed by atoms with Gasteiger partial charge in [-0.15, -0.1) is 5.10 Å². The fraction of sp³-hybridized carbons (Fsp3) is 0.320. The molecule has 0 radical (unpaired) electrons. The van der Waals surface area contributed by atoms with Crippen molar-refractivity contribution in [1.82, 2.24) is 30.0 Å². The number of rotatable bonds is 8. The molecule has 5 rings (SSSR count). The van der Waals surface area contributed by atoms with E-state index >= 15 is 0 Å². The van der Waals surface area contributed by atoms with Gasteiger partial charge in [-0.2, -0.15) is 0 Å². The number of aromatic nitrogens is 5. The van der Waals surface area contributed by atoms with E-state index in [9.17, 15) is 9.18 Å². The Morgan fingerprint density at radius 1 is 1.19 bits per heavy atom. The number of halogens is 1. The molecule has 0 unspecified atom stereocenters. The average molecular weight is 491 g/mol. The predicted molar refractivity (Wildman–Crippen MR) is 133 cm³/mol. The molecule has 1 aromatic carbocycles. The summed E-state index contributed by atoms with van der Waals surface area (Å²) in [5, 5.41) is 8.34. The molecule has 11 heteroatoms. The first kappa shape index (κ1) is 23.6. The molecule has 3 aromatic heterocycles. The van der Waals surface area contributed by atoms with E-state index in [0.29, 0.717) is 23.3 Å². The Morgan fingerprint density at radius 2 is 2.03 bits per heavy atom. The lowest BCUT2D eigenvalue weighted by molar-refractivity contribution is 0.0939. The van der Waals surface area contributed by atoms with E-state index in [1.807, 2.05) is 18.3 Å². The molecule has 1 fully saturated rings. The minimum Gasteiger partial charge on any atom is -0.383 e. The van der Waals surface area contributed by atoms with Crippen LogP contribution in [0.25, 0.3) is 10.8 Å². The molecule has 4 aromatic rings. The van der Waals surface area contributed by atoms with Crippen LogP contribution in [0.1, 0.15) is 40.4 Å². The summed E-state index contributed by atoms with van der Waals surface area (Å²) in [6.45, 7) is 2.61. The van der Waals surface area contributed by atoms with Crippen LogP contribution in [-0.2, 0) is 24.4 Å². The molecule has 1 saturated heterocycles.